The summed E-state index contributed by atoms with van der Waals surface area (Å²) in [5.41, 5.74) is 2.77. The van der Waals surface area contributed by atoms with Gasteiger partial charge in [-0.1, -0.05) is 18.2 Å². The Hall–Kier alpha value is -3.26. The van der Waals surface area contributed by atoms with Crippen molar-refractivity contribution in [1.29, 1.82) is 0 Å². The van der Waals surface area contributed by atoms with Gasteiger partial charge in [0.1, 0.15) is 18.2 Å². The van der Waals surface area contributed by atoms with Crippen molar-refractivity contribution in [1.82, 2.24) is 30.0 Å². The minimum absolute atomic E-state index is 0.193. The summed E-state index contributed by atoms with van der Waals surface area (Å²) in [5.74, 6) is 0.446. The van der Waals surface area contributed by atoms with Crippen LogP contribution in [0.2, 0.25) is 0 Å². The quantitative estimate of drug-likeness (QED) is 0.695. The molecule has 1 fully saturated rings. The molecule has 8 nitrogen and oxygen atoms in total. The molecule has 2 atom stereocenters. The van der Waals surface area contributed by atoms with Crippen LogP contribution in [0.25, 0.3) is 5.69 Å². The van der Waals surface area contributed by atoms with Crippen LogP contribution in [-0.4, -0.2) is 38.3 Å². The number of carbonyl (C=O) groups excluding carboxylic acids is 1. The van der Waals surface area contributed by atoms with Crippen LogP contribution in [0, 0.1) is 5.92 Å². The van der Waals surface area contributed by atoms with Crippen molar-refractivity contribution in [2.24, 2.45) is 5.92 Å². The number of nitrogens with zero attached hydrogens (tertiary/aromatic N) is 4. The maximum absolute atomic E-state index is 13.0. The van der Waals surface area contributed by atoms with E-state index in [9.17, 15) is 9.59 Å². The summed E-state index contributed by atoms with van der Waals surface area (Å²) < 4.78 is 3.46. The summed E-state index contributed by atoms with van der Waals surface area (Å²) in [6, 6.07) is 11.3. The highest BCUT2D eigenvalue weighted by atomic mass is 16.2. The van der Waals surface area contributed by atoms with Gasteiger partial charge in [0, 0.05) is 31.2 Å². The SMILES string of the molecule is O=C(NCc1ccccc1-n1cncn1)c1ccc2n(c1=O)C[C@@H]1CNC[C@H]2C1. The molecule has 2 aliphatic rings. The summed E-state index contributed by atoms with van der Waals surface area (Å²) >= 11 is 0. The number of nitrogens with one attached hydrogen (secondary N) is 2. The average molecular weight is 390 g/mol. The topological polar surface area (TPSA) is 93.8 Å². The zero-order chi connectivity index (χ0) is 19.8. The summed E-state index contributed by atoms with van der Waals surface area (Å²) in [5, 5.41) is 10.5. The molecule has 0 spiro atoms. The zero-order valence-electron chi connectivity index (χ0n) is 15.9. The van der Waals surface area contributed by atoms with E-state index < -0.39 is 0 Å². The van der Waals surface area contributed by atoms with Crippen molar-refractivity contribution in [2.45, 2.75) is 25.4 Å². The smallest absolute Gasteiger partial charge is 0.263 e. The first-order valence-corrected chi connectivity index (χ1v) is 9.86. The largest absolute Gasteiger partial charge is 0.348 e. The van der Waals surface area contributed by atoms with Crippen LogP contribution < -0.4 is 16.2 Å². The van der Waals surface area contributed by atoms with Crippen molar-refractivity contribution in [3.05, 3.63) is 76.2 Å². The minimum Gasteiger partial charge on any atom is -0.348 e. The number of rotatable bonds is 4. The van der Waals surface area contributed by atoms with Crippen LogP contribution in [0.1, 0.15) is 34.0 Å². The summed E-state index contributed by atoms with van der Waals surface area (Å²) in [4.78, 5) is 29.8. The lowest BCUT2D eigenvalue weighted by Crippen LogP contribution is -2.46. The number of hydrogen-bond acceptors (Lipinski definition) is 5. The van der Waals surface area contributed by atoms with Gasteiger partial charge in [0.2, 0.25) is 0 Å². The molecule has 4 heterocycles. The van der Waals surface area contributed by atoms with Crippen molar-refractivity contribution in [3.63, 3.8) is 0 Å². The van der Waals surface area contributed by atoms with E-state index in [0.717, 1.165) is 36.5 Å². The molecule has 2 bridgehead atoms. The van der Waals surface area contributed by atoms with Crippen LogP contribution in [0.15, 0.2) is 53.8 Å². The molecule has 1 amide bonds. The van der Waals surface area contributed by atoms with Gasteiger partial charge in [-0.15, -0.1) is 0 Å². The molecular formula is C21H22N6O2. The van der Waals surface area contributed by atoms with E-state index in [2.05, 4.69) is 20.7 Å². The van der Waals surface area contributed by atoms with Crippen molar-refractivity contribution in [2.75, 3.05) is 13.1 Å². The van der Waals surface area contributed by atoms with Gasteiger partial charge in [0.15, 0.2) is 0 Å². The third kappa shape index (κ3) is 3.25. The first-order chi connectivity index (χ1) is 14.2. The Morgan fingerprint density at radius 2 is 2.10 bits per heavy atom. The lowest BCUT2D eigenvalue weighted by atomic mass is 9.84. The van der Waals surface area contributed by atoms with Gasteiger partial charge in [0.25, 0.3) is 11.5 Å². The van der Waals surface area contributed by atoms with Gasteiger partial charge < -0.3 is 15.2 Å². The van der Waals surface area contributed by atoms with E-state index >= 15 is 0 Å². The molecule has 2 aromatic heterocycles. The molecule has 29 heavy (non-hydrogen) atoms. The predicted molar refractivity (Wildman–Crippen MR) is 107 cm³/mol. The number of hydrogen-bond donors (Lipinski definition) is 2. The van der Waals surface area contributed by atoms with E-state index in [1.54, 1.807) is 21.6 Å². The van der Waals surface area contributed by atoms with Gasteiger partial charge in [-0.05, 0) is 42.6 Å². The zero-order valence-corrected chi connectivity index (χ0v) is 15.9. The fourth-order valence-electron chi connectivity index (χ4n) is 4.45. The van der Waals surface area contributed by atoms with E-state index in [1.165, 1.54) is 6.33 Å². The van der Waals surface area contributed by atoms with Crippen LogP contribution in [0.3, 0.4) is 0 Å². The highest BCUT2D eigenvalue weighted by Gasteiger charge is 2.31. The second kappa shape index (κ2) is 7.29. The Labute approximate surface area is 167 Å². The number of amides is 1. The number of piperidine rings is 1. The number of para-hydroxylation sites is 1. The average Bonchev–Trinajstić information content (AvgIpc) is 3.28. The molecule has 0 aliphatic carbocycles. The van der Waals surface area contributed by atoms with Crippen molar-refractivity contribution < 1.29 is 4.79 Å². The van der Waals surface area contributed by atoms with E-state index in [-0.39, 0.29) is 17.0 Å². The lowest BCUT2D eigenvalue weighted by molar-refractivity contribution is 0.0948. The molecule has 2 aliphatic heterocycles. The molecular weight excluding hydrogens is 368 g/mol. The molecule has 0 unspecified atom stereocenters. The molecule has 1 saturated heterocycles. The van der Waals surface area contributed by atoms with Crippen LogP contribution >= 0.6 is 0 Å². The number of benzene rings is 1. The van der Waals surface area contributed by atoms with Gasteiger partial charge in [-0.25, -0.2) is 9.67 Å². The number of fused-ring (bicyclic) bond motifs is 4. The highest BCUT2D eigenvalue weighted by molar-refractivity contribution is 5.93. The molecule has 0 saturated carbocycles. The second-order valence-electron chi connectivity index (χ2n) is 7.70. The number of carbonyl (C=O) groups is 1. The monoisotopic (exact) mass is 390 g/mol. The first-order valence-electron chi connectivity index (χ1n) is 9.86. The Kier molecular flexibility index (Phi) is 4.48. The molecule has 8 heteroatoms. The van der Waals surface area contributed by atoms with Crippen LogP contribution in [-0.2, 0) is 13.1 Å². The summed E-state index contributed by atoms with van der Waals surface area (Å²) in [6.45, 7) is 2.79. The van der Waals surface area contributed by atoms with Crippen molar-refractivity contribution >= 4 is 5.91 Å². The second-order valence-corrected chi connectivity index (χ2v) is 7.70. The number of pyridine rings is 1. The molecule has 1 aromatic carbocycles. The molecule has 0 radical (unpaired) electrons. The Morgan fingerprint density at radius 3 is 2.97 bits per heavy atom. The Morgan fingerprint density at radius 1 is 1.21 bits per heavy atom. The fourth-order valence-corrected chi connectivity index (χ4v) is 4.45. The van der Waals surface area contributed by atoms with E-state index in [4.69, 9.17) is 0 Å². The Bertz CT molecular complexity index is 1100. The van der Waals surface area contributed by atoms with E-state index in [1.807, 2.05) is 30.3 Å². The van der Waals surface area contributed by atoms with Crippen LogP contribution in [0.5, 0.6) is 0 Å². The van der Waals surface area contributed by atoms with Gasteiger partial charge in [-0.3, -0.25) is 9.59 Å². The van der Waals surface area contributed by atoms with Gasteiger partial charge >= 0.3 is 0 Å². The number of aromatic nitrogens is 4. The maximum Gasteiger partial charge on any atom is 0.263 e. The van der Waals surface area contributed by atoms with Crippen LogP contribution in [0.4, 0.5) is 0 Å². The molecule has 3 aromatic rings. The predicted octanol–water partition coefficient (Wildman–Crippen LogP) is 1.07. The summed E-state index contributed by atoms with van der Waals surface area (Å²) in [7, 11) is 0. The molecule has 2 N–H and O–H groups in total. The van der Waals surface area contributed by atoms with E-state index in [0.29, 0.717) is 24.9 Å². The third-order valence-electron chi connectivity index (χ3n) is 5.85. The third-order valence-corrected chi connectivity index (χ3v) is 5.85. The molecule has 5 rings (SSSR count). The maximum atomic E-state index is 13.0. The lowest BCUT2D eigenvalue weighted by Gasteiger charge is -2.37. The molecule has 148 valence electrons. The minimum atomic E-state index is -0.354. The van der Waals surface area contributed by atoms with Gasteiger partial charge in [-0.2, -0.15) is 5.10 Å². The highest BCUT2D eigenvalue weighted by Crippen LogP contribution is 2.31. The first kappa shape index (κ1) is 17.8. The standard InChI is InChI=1S/C21H22N6O2/c28-20(24-10-15-3-1-2-4-19(15)27-13-23-12-25-27)17-5-6-18-16-7-14(8-22-9-16)11-26(18)21(17)29/h1-6,12-14,16,22H,7-11H2,(H,24,28)/t14-,16+/m0/s1. The Balaban J connectivity index is 1.38. The normalized spacial score (nSPS) is 20.1. The van der Waals surface area contributed by atoms with Gasteiger partial charge in [0.05, 0.1) is 5.69 Å². The van der Waals surface area contributed by atoms with Crippen molar-refractivity contribution in [3.8, 4) is 5.69 Å². The summed E-state index contributed by atoms with van der Waals surface area (Å²) in [6.07, 6.45) is 4.19. The fraction of sp³-hybridized carbons (Fsp3) is 0.333.